The Kier molecular flexibility index (Phi) is 5.56. The molecule has 2 aromatic rings. The number of imide groups is 1. The maximum absolute atomic E-state index is 12.9. The molecule has 4 rings (SSSR count). The zero-order valence-electron chi connectivity index (χ0n) is 15.2. The lowest BCUT2D eigenvalue weighted by molar-refractivity contribution is -1.02. The molecule has 2 aromatic carbocycles. The number of nitrogens with zero attached hydrogens (tertiary/aromatic N) is 1. The van der Waals surface area contributed by atoms with Crippen molar-refractivity contribution in [2.24, 2.45) is 0 Å². The largest absolute Gasteiger partial charge is 0.322 e. The first-order valence-corrected chi connectivity index (χ1v) is 10.5. The number of anilines is 1. The Morgan fingerprint density at radius 3 is 2.26 bits per heavy atom. The number of carbonyl (C=O) groups is 2. The normalized spacial score (nSPS) is 25.8. The third-order valence-electron chi connectivity index (χ3n) is 5.62. The molecule has 2 saturated heterocycles. The predicted molar refractivity (Wildman–Crippen MR) is 112 cm³/mol. The molecule has 2 aliphatic rings. The van der Waals surface area contributed by atoms with Gasteiger partial charge in [-0.05, 0) is 46.9 Å². The maximum atomic E-state index is 12.9. The Bertz CT molecular complexity index is 817. The van der Waals surface area contributed by atoms with Gasteiger partial charge in [-0.2, -0.15) is 0 Å². The molecule has 5 nitrogen and oxygen atoms in total. The molecule has 0 aromatic heterocycles. The van der Waals surface area contributed by atoms with Gasteiger partial charge in [0.25, 0.3) is 5.91 Å². The van der Waals surface area contributed by atoms with Gasteiger partial charge in [0.05, 0.1) is 12.1 Å². The van der Waals surface area contributed by atoms with E-state index in [4.69, 9.17) is 0 Å². The molecule has 2 aliphatic heterocycles. The Balaban J connectivity index is 1.38. The van der Waals surface area contributed by atoms with Crippen molar-refractivity contribution in [1.82, 2.24) is 0 Å². The molecule has 0 saturated carbocycles. The summed E-state index contributed by atoms with van der Waals surface area (Å²) in [5.74, 6) is -0.111. The number of benzene rings is 2. The monoisotopic (exact) mass is 477 g/mol. The highest BCUT2D eigenvalue weighted by atomic mass is 127. The van der Waals surface area contributed by atoms with Crippen LogP contribution in [0.1, 0.15) is 12.0 Å². The minimum Gasteiger partial charge on any atom is -0.322 e. The number of carbonyl (C=O) groups excluding carboxylic acids is 2. The number of quaternary nitrogens is 2. The highest BCUT2D eigenvalue weighted by Crippen LogP contribution is 2.22. The molecule has 27 heavy (non-hydrogen) atoms. The second-order valence-corrected chi connectivity index (χ2v) is 8.62. The van der Waals surface area contributed by atoms with Crippen molar-refractivity contribution < 1.29 is 19.4 Å². The second kappa shape index (κ2) is 8.08. The van der Waals surface area contributed by atoms with Crippen LogP contribution in [0.4, 0.5) is 5.69 Å². The number of hydrogen-bond acceptors (Lipinski definition) is 2. The van der Waals surface area contributed by atoms with E-state index in [0.29, 0.717) is 12.1 Å². The second-order valence-electron chi connectivity index (χ2n) is 7.37. The summed E-state index contributed by atoms with van der Waals surface area (Å²) in [5, 5.41) is 0. The van der Waals surface area contributed by atoms with Crippen molar-refractivity contribution in [2.75, 3.05) is 31.1 Å². The summed E-state index contributed by atoms with van der Waals surface area (Å²) in [5.41, 5.74) is 2.05. The van der Waals surface area contributed by atoms with E-state index in [1.807, 2.05) is 30.3 Å². The lowest BCUT2D eigenvalue weighted by atomic mass is 10.1. The summed E-state index contributed by atoms with van der Waals surface area (Å²) in [7, 11) is 0. The van der Waals surface area contributed by atoms with E-state index in [2.05, 4.69) is 46.9 Å². The first-order chi connectivity index (χ1) is 13.1. The van der Waals surface area contributed by atoms with Crippen LogP contribution in [-0.2, 0) is 16.1 Å². The number of hydrogen-bond donors (Lipinski definition) is 2. The van der Waals surface area contributed by atoms with Gasteiger partial charge in [0.1, 0.15) is 32.7 Å². The van der Waals surface area contributed by atoms with E-state index in [1.54, 1.807) is 4.90 Å². The van der Waals surface area contributed by atoms with Gasteiger partial charge in [-0.3, -0.25) is 9.59 Å². The predicted octanol–water partition coefficient (Wildman–Crippen LogP) is -0.0933. The Hall–Kier alpha value is -1.77. The molecule has 0 bridgehead atoms. The summed E-state index contributed by atoms with van der Waals surface area (Å²) < 4.78 is 1.09. The van der Waals surface area contributed by atoms with Crippen LogP contribution in [0.5, 0.6) is 0 Å². The molecule has 0 unspecified atom stereocenters. The van der Waals surface area contributed by atoms with Crippen LogP contribution in [0.25, 0.3) is 0 Å². The zero-order valence-corrected chi connectivity index (χ0v) is 17.3. The third kappa shape index (κ3) is 4.07. The van der Waals surface area contributed by atoms with Crippen molar-refractivity contribution in [3.63, 3.8) is 0 Å². The van der Waals surface area contributed by atoms with Crippen LogP contribution in [0.3, 0.4) is 0 Å². The summed E-state index contributed by atoms with van der Waals surface area (Å²) in [6.45, 7) is 4.97. The molecular weight excluding hydrogens is 453 g/mol. The average molecular weight is 477 g/mol. The van der Waals surface area contributed by atoms with Crippen LogP contribution in [0, 0.1) is 3.57 Å². The molecule has 2 amide bonds. The molecule has 6 heteroatoms. The standard InChI is InChI=1S/C21H22IN3O2/c22-17-6-8-18(9-7-17)25-20(26)14-19(21(25)27)24-12-10-23(11-13-24)15-16-4-2-1-3-5-16/h1-9,19H,10-15H2/p+2/t19-/m0/s1. The molecule has 2 heterocycles. The molecule has 1 atom stereocenters. The third-order valence-corrected chi connectivity index (χ3v) is 6.34. The smallest absolute Gasteiger partial charge is 0.292 e. The summed E-state index contributed by atoms with van der Waals surface area (Å²) >= 11 is 2.22. The Morgan fingerprint density at radius 2 is 1.59 bits per heavy atom. The van der Waals surface area contributed by atoms with Gasteiger partial charge in [0.2, 0.25) is 5.91 Å². The molecule has 2 N–H and O–H groups in total. The van der Waals surface area contributed by atoms with Crippen molar-refractivity contribution in [1.29, 1.82) is 0 Å². The highest BCUT2D eigenvalue weighted by Gasteiger charge is 2.46. The number of rotatable bonds is 4. The van der Waals surface area contributed by atoms with E-state index in [-0.39, 0.29) is 17.9 Å². The van der Waals surface area contributed by atoms with E-state index in [9.17, 15) is 9.59 Å². The van der Waals surface area contributed by atoms with Crippen molar-refractivity contribution in [3.8, 4) is 0 Å². The van der Waals surface area contributed by atoms with E-state index in [1.165, 1.54) is 15.4 Å². The van der Waals surface area contributed by atoms with Gasteiger partial charge < -0.3 is 9.80 Å². The van der Waals surface area contributed by atoms with Crippen molar-refractivity contribution in [2.45, 2.75) is 19.0 Å². The number of amides is 2. The van der Waals surface area contributed by atoms with E-state index < -0.39 is 0 Å². The van der Waals surface area contributed by atoms with E-state index in [0.717, 1.165) is 36.3 Å². The minimum atomic E-state index is -0.227. The molecule has 0 radical (unpaired) electrons. The Morgan fingerprint density at radius 1 is 0.926 bits per heavy atom. The lowest BCUT2D eigenvalue weighted by Gasteiger charge is -2.32. The fourth-order valence-electron chi connectivity index (χ4n) is 4.15. The summed E-state index contributed by atoms with van der Waals surface area (Å²) in [4.78, 5) is 29.7. The first kappa shape index (κ1) is 18.6. The number of nitrogens with one attached hydrogen (secondary N) is 2. The first-order valence-electron chi connectivity index (χ1n) is 9.46. The molecule has 0 spiro atoms. The molecule has 0 aliphatic carbocycles. The van der Waals surface area contributed by atoms with Gasteiger partial charge in [0, 0.05) is 9.13 Å². The number of halogens is 1. The van der Waals surface area contributed by atoms with Crippen molar-refractivity contribution >= 4 is 40.1 Å². The average Bonchev–Trinajstić information content (AvgIpc) is 2.98. The van der Waals surface area contributed by atoms with Gasteiger partial charge in [-0.15, -0.1) is 0 Å². The topological polar surface area (TPSA) is 46.3 Å². The van der Waals surface area contributed by atoms with Gasteiger partial charge in [-0.1, -0.05) is 30.3 Å². The van der Waals surface area contributed by atoms with Crippen LogP contribution in [0.2, 0.25) is 0 Å². The lowest BCUT2D eigenvalue weighted by Crippen LogP contribution is -3.29. The van der Waals surface area contributed by atoms with E-state index >= 15 is 0 Å². The SMILES string of the molecule is O=C1C[C@H]([NH+]2CC[NH+](Cc3ccccc3)CC2)C(=O)N1c1ccc(I)cc1. The maximum Gasteiger partial charge on any atom is 0.292 e. The highest BCUT2D eigenvalue weighted by molar-refractivity contribution is 14.1. The van der Waals surface area contributed by atoms with Crippen LogP contribution in [-0.4, -0.2) is 44.0 Å². The fourth-order valence-corrected chi connectivity index (χ4v) is 4.51. The van der Waals surface area contributed by atoms with Crippen LogP contribution >= 0.6 is 22.6 Å². The summed E-state index contributed by atoms with van der Waals surface area (Å²) in [6, 6.07) is 17.9. The molecular formula is C21H24IN3O2+2. The number of piperazine rings is 1. The summed E-state index contributed by atoms with van der Waals surface area (Å²) in [6.07, 6.45) is 0.328. The molecule has 140 valence electrons. The zero-order chi connectivity index (χ0) is 18.8. The quantitative estimate of drug-likeness (QED) is 0.478. The van der Waals surface area contributed by atoms with Gasteiger partial charge in [0.15, 0.2) is 6.04 Å². The van der Waals surface area contributed by atoms with Crippen molar-refractivity contribution in [3.05, 3.63) is 63.7 Å². The van der Waals surface area contributed by atoms with Gasteiger partial charge in [-0.25, -0.2) is 4.90 Å². The van der Waals surface area contributed by atoms with Gasteiger partial charge >= 0.3 is 0 Å². The van der Waals surface area contributed by atoms with Crippen LogP contribution in [0.15, 0.2) is 54.6 Å². The minimum absolute atomic E-state index is 0.0392. The fraction of sp³-hybridized carbons (Fsp3) is 0.333. The molecule has 2 fully saturated rings. The Labute approximate surface area is 173 Å². The van der Waals surface area contributed by atoms with Crippen LogP contribution < -0.4 is 14.7 Å².